The molecule has 2 heterocycles. The zero-order valence-electron chi connectivity index (χ0n) is 6.55. The molecule has 0 bridgehead atoms. The summed E-state index contributed by atoms with van der Waals surface area (Å²) in [5.41, 5.74) is 1.24. The van der Waals surface area contributed by atoms with Gasteiger partial charge < -0.3 is 10.2 Å². The Morgan fingerprint density at radius 1 is 1.45 bits per heavy atom. The highest BCUT2D eigenvalue weighted by Crippen LogP contribution is 2.20. The molecule has 0 aromatic carbocycles. The van der Waals surface area contributed by atoms with Gasteiger partial charge in [0.2, 0.25) is 0 Å². The molecule has 2 aliphatic heterocycles. The third kappa shape index (κ3) is 1.53. The predicted octanol–water partition coefficient (Wildman–Crippen LogP) is 0.924. The quantitative estimate of drug-likeness (QED) is 0.608. The van der Waals surface area contributed by atoms with Crippen molar-refractivity contribution in [2.24, 2.45) is 11.1 Å². The number of hydrogen-bond acceptors (Lipinski definition) is 3. The van der Waals surface area contributed by atoms with Gasteiger partial charge >= 0.3 is 0 Å². The molecule has 1 N–H and O–H groups in total. The minimum atomic E-state index is 0.676. The molecule has 1 fully saturated rings. The van der Waals surface area contributed by atoms with Gasteiger partial charge in [-0.1, -0.05) is 5.16 Å². The van der Waals surface area contributed by atoms with Crippen LogP contribution in [0.1, 0.15) is 19.3 Å². The molecule has 3 heteroatoms. The predicted molar refractivity (Wildman–Crippen MR) is 43.0 cm³/mol. The fraction of sp³-hybridized carbons (Fsp3) is 0.750. The van der Waals surface area contributed by atoms with Gasteiger partial charge in [-0.2, -0.15) is 0 Å². The van der Waals surface area contributed by atoms with Crippen molar-refractivity contribution in [1.29, 1.82) is 0 Å². The van der Waals surface area contributed by atoms with Crippen LogP contribution in [0.25, 0.3) is 0 Å². The van der Waals surface area contributed by atoms with E-state index < -0.39 is 0 Å². The topological polar surface area (TPSA) is 33.6 Å². The molecule has 0 amide bonds. The van der Waals surface area contributed by atoms with Crippen LogP contribution < -0.4 is 5.32 Å². The van der Waals surface area contributed by atoms with Crippen molar-refractivity contribution in [2.75, 3.05) is 13.1 Å². The van der Waals surface area contributed by atoms with Crippen molar-refractivity contribution in [1.82, 2.24) is 5.32 Å². The van der Waals surface area contributed by atoms with Gasteiger partial charge in [-0.05, 0) is 25.9 Å². The lowest BCUT2D eigenvalue weighted by Crippen LogP contribution is -2.31. The van der Waals surface area contributed by atoms with Crippen molar-refractivity contribution in [2.45, 2.75) is 19.3 Å². The van der Waals surface area contributed by atoms with Crippen molar-refractivity contribution >= 4 is 5.71 Å². The van der Waals surface area contributed by atoms with Gasteiger partial charge in [-0.15, -0.1) is 0 Å². The van der Waals surface area contributed by atoms with E-state index in [0.29, 0.717) is 5.92 Å². The van der Waals surface area contributed by atoms with Gasteiger partial charge in [0.15, 0.2) is 6.61 Å². The molecule has 11 heavy (non-hydrogen) atoms. The monoisotopic (exact) mass is 153 g/mol. The second-order valence-electron chi connectivity index (χ2n) is 3.08. The van der Waals surface area contributed by atoms with Gasteiger partial charge in [0.25, 0.3) is 0 Å². The molecule has 0 unspecified atom stereocenters. The summed E-state index contributed by atoms with van der Waals surface area (Å²) in [6.07, 6.45) is 3.37. The van der Waals surface area contributed by atoms with Crippen molar-refractivity contribution in [3.8, 4) is 0 Å². The van der Waals surface area contributed by atoms with Gasteiger partial charge in [0.05, 0.1) is 5.71 Å². The van der Waals surface area contributed by atoms with E-state index in [9.17, 15) is 0 Å². The summed E-state index contributed by atoms with van der Waals surface area (Å²) >= 11 is 0. The first-order chi connectivity index (χ1) is 5.47. The van der Waals surface area contributed by atoms with Crippen molar-refractivity contribution < 1.29 is 4.84 Å². The van der Waals surface area contributed by atoms with Crippen LogP contribution in [0.2, 0.25) is 0 Å². The normalized spacial score (nSPS) is 26.4. The molecule has 0 aromatic heterocycles. The second-order valence-corrected chi connectivity index (χ2v) is 3.08. The average molecular weight is 153 g/mol. The van der Waals surface area contributed by atoms with Gasteiger partial charge in [-0.25, -0.2) is 0 Å². The number of piperidine rings is 1. The van der Waals surface area contributed by atoms with Crippen LogP contribution in [0, 0.1) is 12.5 Å². The molecule has 1 radical (unpaired) electrons. The lowest BCUT2D eigenvalue weighted by atomic mass is 9.92. The summed E-state index contributed by atoms with van der Waals surface area (Å²) in [5.74, 6) is 0.676. The maximum atomic E-state index is 4.85. The lowest BCUT2D eigenvalue weighted by Gasteiger charge is -2.21. The van der Waals surface area contributed by atoms with E-state index in [1.165, 1.54) is 18.6 Å². The van der Waals surface area contributed by atoms with Crippen LogP contribution in [0.5, 0.6) is 0 Å². The maximum absolute atomic E-state index is 4.85. The Kier molecular flexibility index (Phi) is 2.08. The number of nitrogens with one attached hydrogen (secondary N) is 1. The summed E-state index contributed by atoms with van der Waals surface area (Å²) in [6.45, 7) is 4.03. The number of nitrogens with zero attached hydrogens (tertiary/aromatic N) is 1. The fourth-order valence-electron chi connectivity index (χ4n) is 1.66. The van der Waals surface area contributed by atoms with Crippen LogP contribution in [0.15, 0.2) is 5.16 Å². The first kappa shape index (κ1) is 7.10. The van der Waals surface area contributed by atoms with E-state index in [1.54, 1.807) is 6.61 Å². The van der Waals surface area contributed by atoms with E-state index in [-0.39, 0.29) is 0 Å². The molecule has 0 aliphatic carbocycles. The van der Waals surface area contributed by atoms with Crippen LogP contribution in [-0.2, 0) is 4.84 Å². The largest absolute Gasteiger partial charge is 0.388 e. The molecule has 0 aromatic rings. The van der Waals surface area contributed by atoms with Crippen LogP contribution >= 0.6 is 0 Å². The Morgan fingerprint density at radius 2 is 2.27 bits per heavy atom. The first-order valence-corrected chi connectivity index (χ1v) is 4.22. The summed E-state index contributed by atoms with van der Waals surface area (Å²) < 4.78 is 0. The van der Waals surface area contributed by atoms with E-state index in [4.69, 9.17) is 4.84 Å². The molecule has 0 spiro atoms. The Balaban J connectivity index is 1.92. The van der Waals surface area contributed by atoms with E-state index in [0.717, 1.165) is 19.5 Å². The molecule has 2 rings (SSSR count). The van der Waals surface area contributed by atoms with Crippen LogP contribution in [0.3, 0.4) is 0 Å². The molecule has 61 valence electrons. The molecule has 3 nitrogen and oxygen atoms in total. The molecular weight excluding hydrogens is 140 g/mol. The van der Waals surface area contributed by atoms with E-state index >= 15 is 0 Å². The van der Waals surface area contributed by atoms with Gasteiger partial charge in [0.1, 0.15) is 0 Å². The molecule has 1 saturated heterocycles. The summed E-state index contributed by atoms with van der Waals surface area (Å²) in [6, 6.07) is 0. The minimum Gasteiger partial charge on any atom is -0.388 e. The first-order valence-electron chi connectivity index (χ1n) is 4.22. The Bertz CT molecular complexity index is 161. The van der Waals surface area contributed by atoms with Crippen LogP contribution in [0.4, 0.5) is 0 Å². The zero-order chi connectivity index (χ0) is 7.52. The molecular formula is C8H13N2O. The van der Waals surface area contributed by atoms with Gasteiger partial charge in [-0.3, -0.25) is 0 Å². The third-order valence-corrected chi connectivity index (χ3v) is 2.35. The minimum absolute atomic E-state index is 0.676. The summed E-state index contributed by atoms with van der Waals surface area (Å²) in [4.78, 5) is 4.85. The maximum Gasteiger partial charge on any atom is 0.172 e. The highest BCUT2D eigenvalue weighted by molar-refractivity contribution is 5.88. The third-order valence-electron chi connectivity index (χ3n) is 2.35. The number of rotatable bonds is 1. The fourth-order valence-corrected chi connectivity index (χ4v) is 1.66. The SMILES string of the molecule is [CH]1CC(C2CCNCC2)=NO1. The van der Waals surface area contributed by atoms with Crippen molar-refractivity contribution in [3.63, 3.8) is 0 Å². The van der Waals surface area contributed by atoms with E-state index in [2.05, 4.69) is 10.5 Å². The number of hydrogen-bond donors (Lipinski definition) is 1. The van der Waals surface area contributed by atoms with Crippen LogP contribution in [-0.4, -0.2) is 18.8 Å². The Hall–Kier alpha value is -0.570. The lowest BCUT2D eigenvalue weighted by molar-refractivity contribution is 0.233. The summed E-state index contributed by atoms with van der Waals surface area (Å²) in [7, 11) is 0. The Labute approximate surface area is 66.8 Å². The number of oxime groups is 1. The second kappa shape index (κ2) is 3.22. The molecule has 0 saturated carbocycles. The molecule has 0 atom stereocenters. The van der Waals surface area contributed by atoms with Gasteiger partial charge in [0, 0.05) is 12.3 Å². The molecule has 2 aliphatic rings. The van der Waals surface area contributed by atoms with E-state index in [1.807, 2.05) is 0 Å². The van der Waals surface area contributed by atoms with Crippen molar-refractivity contribution in [3.05, 3.63) is 6.61 Å². The zero-order valence-corrected chi connectivity index (χ0v) is 6.55. The smallest absolute Gasteiger partial charge is 0.172 e. The highest BCUT2D eigenvalue weighted by Gasteiger charge is 2.22. The highest BCUT2D eigenvalue weighted by atomic mass is 16.6. The average Bonchev–Trinajstić information content (AvgIpc) is 2.58. The standard InChI is InChI=1S/C8H13N2O/c1-4-9-5-2-7(1)8-3-6-11-10-8/h6-7,9H,1-5H2. The Morgan fingerprint density at radius 3 is 2.91 bits per heavy atom. The summed E-state index contributed by atoms with van der Waals surface area (Å²) in [5, 5.41) is 7.32.